The average molecular weight is 367 g/mol. The lowest BCUT2D eigenvalue weighted by Gasteiger charge is -2.06. The Morgan fingerprint density at radius 1 is 1.32 bits per heavy atom. The second kappa shape index (κ2) is 6.14. The number of carbonyl (C=O) groups is 1. The molecule has 0 aliphatic carbocycles. The molecule has 1 heterocycles. The van der Waals surface area contributed by atoms with Crippen LogP contribution in [-0.4, -0.2) is 18.1 Å². The molecule has 4 heteroatoms. The Kier molecular flexibility index (Phi) is 4.52. The van der Waals surface area contributed by atoms with E-state index >= 15 is 0 Å². The molecule has 0 aliphatic rings. The maximum Gasteiger partial charge on any atom is 0.357 e. The van der Waals surface area contributed by atoms with E-state index in [0.29, 0.717) is 5.69 Å². The number of hydrogen-bond donors (Lipinski definition) is 0. The van der Waals surface area contributed by atoms with Crippen LogP contribution in [0.25, 0.3) is 11.1 Å². The molecule has 0 unspecified atom stereocenters. The summed E-state index contributed by atoms with van der Waals surface area (Å²) in [6.45, 7) is 2.13. The third-order valence-corrected chi connectivity index (χ3v) is 3.71. The first-order chi connectivity index (χ1) is 9.15. The number of aromatic nitrogens is 1. The average Bonchev–Trinajstić information content (AvgIpc) is 2.46. The van der Waals surface area contributed by atoms with Crippen molar-refractivity contribution >= 4 is 28.6 Å². The van der Waals surface area contributed by atoms with Crippen LogP contribution in [0, 0.1) is 3.57 Å². The molecule has 0 spiro atoms. The Hall–Kier alpha value is -1.43. The van der Waals surface area contributed by atoms with Crippen LogP contribution in [0.3, 0.4) is 0 Å². The maximum atomic E-state index is 11.5. The van der Waals surface area contributed by atoms with Crippen LogP contribution in [0.15, 0.2) is 36.5 Å². The molecular weight excluding hydrogens is 353 g/mol. The van der Waals surface area contributed by atoms with Gasteiger partial charge in [0, 0.05) is 15.3 Å². The second-order valence-electron chi connectivity index (χ2n) is 4.10. The van der Waals surface area contributed by atoms with Crippen molar-refractivity contribution in [1.29, 1.82) is 0 Å². The minimum absolute atomic E-state index is 0.360. The molecule has 0 radical (unpaired) electrons. The van der Waals surface area contributed by atoms with Crippen LogP contribution in [0.5, 0.6) is 0 Å². The predicted octanol–water partition coefficient (Wildman–Crippen LogP) is 3.70. The highest BCUT2D eigenvalue weighted by Crippen LogP contribution is 2.23. The summed E-state index contributed by atoms with van der Waals surface area (Å²) in [5.74, 6) is -0.404. The number of nitrogens with zero attached hydrogens (tertiary/aromatic N) is 1. The Bertz CT molecular complexity index is 611. The first-order valence-electron chi connectivity index (χ1n) is 5.99. The summed E-state index contributed by atoms with van der Waals surface area (Å²) in [4.78, 5) is 15.7. The molecule has 3 nitrogen and oxygen atoms in total. The highest BCUT2D eigenvalue weighted by molar-refractivity contribution is 14.1. The van der Waals surface area contributed by atoms with Crippen molar-refractivity contribution in [2.75, 3.05) is 7.11 Å². The van der Waals surface area contributed by atoms with Crippen molar-refractivity contribution in [3.63, 3.8) is 0 Å². The second-order valence-corrected chi connectivity index (χ2v) is 5.26. The summed E-state index contributed by atoms with van der Waals surface area (Å²) in [6.07, 6.45) is 2.71. The molecular formula is C15H14INO2. The van der Waals surface area contributed by atoms with E-state index < -0.39 is 5.97 Å². The lowest BCUT2D eigenvalue weighted by molar-refractivity contribution is 0.0593. The van der Waals surface area contributed by atoms with E-state index in [2.05, 4.69) is 46.6 Å². The minimum atomic E-state index is -0.404. The number of ether oxygens (including phenoxy) is 1. The zero-order valence-corrected chi connectivity index (χ0v) is 13.0. The topological polar surface area (TPSA) is 39.2 Å². The van der Waals surface area contributed by atoms with Gasteiger partial charge in [-0.1, -0.05) is 31.2 Å². The third-order valence-electron chi connectivity index (χ3n) is 2.89. The zero-order valence-electron chi connectivity index (χ0n) is 10.8. The van der Waals surface area contributed by atoms with E-state index in [0.717, 1.165) is 21.1 Å². The molecule has 1 aromatic heterocycles. The highest BCUT2D eigenvalue weighted by Gasteiger charge is 2.13. The predicted molar refractivity (Wildman–Crippen MR) is 83.1 cm³/mol. The largest absolute Gasteiger partial charge is 0.464 e. The molecule has 0 atom stereocenters. The molecule has 0 saturated heterocycles. The molecule has 1 aromatic carbocycles. The van der Waals surface area contributed by atoms with E-state index in [1.54, 1.807) is 6.20 Å². The van der Waals surface area contributed by atoms with E-state index in [9.17, 15) is 4.79 Å². The van der Waals surface area contributed by atoms with Gasteiger partial charge in [0.15, 0.2) is 5.69 Å². The summed E-state index contributed by atoms with van der Waals surface area (Å²) in [7, 11) is 1.36. The Morgan fingerprint density at radius 3 is 2.74 bits per heavy atom. The number of rotatable bonds is 3. The fourth-order valence-electron chi connectivity index (χ4n) is 1.81. The number of aryl methyl sites for hydroxylation is 1. The maximum absolute atomic E-state index is 11.5. The van der Waals surface area contributed by atoms with Gasteiger partial charge in [0.25, 0.3) is 0 Å². The third kappa shape index (κ3) is 3.12. The Labute approximate surface area is 126 Å². The van der Waals surface area contributed by atoms with Gasteiger partial charge in [0.2, 0.25) is 0 Å². The fraction of sp³-hybridized carbons (Fsp3) is 0.200. The lowest BCUT2D eigenvalue weighted by Crippen LogP contribution is -2.06. The minimum Gasteiger partial charge on any atom is -0.464 e. The number of esters is 1. The van der Waals surface area contributed by atoms with Crippen molar-refractivity contribution in [2.24, 2.45) is 0 Å². The zero-order chi connectivity index (χ0) is 13.8. The number of pyridine rings is 1. The summed E-state index contributed by atoms with van der Waals surface area (Å²) in [6, 6.07) is 10.3. The van der Waals surface area contributed by atoms with E-state index in [4.69, 9.17) is 4.74 Å². The summed E-state index contributed by atoms with van der Waals surface area (Å²) in [5, 5.41) is 0. The van der Waals surface area contributed by atoms with Crippen LogP contribution in [-0.2, 0) is 11.2 Å². The summed E-state index contributed by atoms with van der Waals surface area (Å²) < 4.78 is 5.49. The number of halogens is 1. The quantitative estimate of drug-likeness (QED) is 0.614. The molecule has 98 valence electrons. The monoisotopic (exact) mass is 367 g/mol. The van der Waals surface area contributed by atoms with Gasteiger partial charge < -0.3 is 4.74 Å². The standard InChI is InChI=1S/C15H14INO2/c1-3-10-5-4-6-11(7-10)12-8-13(16)14(17-9-12)15(18)19-2/h4-9H,3H2,1-2H3. The molecule has 2 rings (SSSR count). The van der Waals surface area contributed by atoms with Crippen LogP contribution >= 0.6 is 22.6 Å². The molecule has 19 heavy (non-hydrogen) atoms. The molecule has 0 bridgehead atoms. The summed E-state index contributed by atoms with van der Waals surface area (Å²) >= 11 is 2.11. The molecule has 0 amide bonds. The van der Waals surface area contributed by atoms with Crippen LogP contribution in [0.1, 0.15) is 23.0 Å². The van der Waals surface area contributed by atoms with Gasteiger partial charge in [-0.2, -0.15) is 0 Å². The highest BCUT2D eigenvalue weighted by atomic mass is 127. The van der Waals surface area contributed by atoms with Crippen molar-refractivity contribution in [3.8, 4) is 11.1 Å². The SMILES string of the molecule is CCc1cccc(-c2cnc(C(=O)OC)c(I)c2)c1. The number of hydrogen-bond acceptors (Lipinski definition) is 3. The van der Waals surface area contributed by atoms with Crippen molar-refractivity contribution in [2.45, 2.75) is 13.3 Å². The Balaban J connectivity index is 2.41. The number of benzene rings is 1. The smallest absolute Gasteiger partial charge is 0.357 e. The van der Waals surface area contributed by atoms with Gasteiger partial charge >= 0.3 is 5.97 Å². The van der Waals surface area contributed by atoms with Gasteiger partial charge in [-0.15, -0.1) is 0 Å². The van der Waals surface area contributed by atoms with Gasteiger partial charge in [-0.05, 0) is 46.2 Å². The molecule has 0 fully saturated rings. The van der Waals surface area contributed by atoms with E-state index in [-0.39, 0.29) is 0 Å². The Morgan fingerprint density at radius 2 is 2.11 bits per heavy atom. The molecule has 0 aliphatic heterocycles. The van der Waals surface area contributed by atoms with E-state index in [1.807, 2.05) is 18.2 Å². The van der Waals surface area contributed by atoms with Crippen molar-refractivity contribution < 1.29 is 9.53 Å². The fourth-order valence-corrected chi connectivity index (χ4v) is 2.51. The van der Waals surface area contributed by atoms with Gasteiger partial charge in [-0.25, -0.2) is 9.78 Å². The molecule has 0 N–H and O–H groups in total. The first-order valence-corrected chi connectivity index (χ1v) is 7.06. The van der Waals surface area contributed by atoms with Gasteiger partial charge in [0.1, 0.15) is 0 Å². The molecule has 0 saturated carbocycles. The van der Waals surface area contributed by atoms with E-state index in [1.165, 1.54) is 12.7 Å². The first kappa shape index (κ1) is 14.0. The van der Waals surface area contributed by atoms with Crippen LogP contribution < -0.4 is 0 Å². The van der Waals surface area contributed by atoms with Gasteiger partial charge in [0.05, 0.1) is 7.11 Å². The van der Waals surface area contributed by atoms with Crippen LogP contribution in [0.4, 0.5) is 0 Å². The van der Waals surface area contributed by atoms with Crippen LogP contribution in [0.2, 0.25) is 0 Å². The van der Waals surface area contributed by atoms with Crippen molar-refractivity contribution in [1.82, 2.24) is 4.98 Å². The molecule has 2 aromatic rings. The van der Waals surface area contributed by atoms with Gasteiger partial charge in [-0.3, -0.25) is 0 Å². The number of methoxy groups -OCH3 is 1. The number of carbonyl (C=O) groups excluding carboxylic acids is 1. The normalized spacial score (nSPS) is 10.3. The summed E-state index contributed by atoms with van der Waals surface area (Å²) in [5.41, 5.74) is 3.76. The lowest BCUT2D eigenvalue weighted by atomic mass is 10.0. The van der Waals surface area contributed by atoms with Crippen molar-refractivity contribution in [3.05, 3.63) is 51.4 Å².